The van der Waals surface area contributed by atoms with E-state index in [0.29, 0.717) is 17.7 Å². The van der Waals surface area contributed by atoms with Crippen LogP contribution in [0.3, 0.4) is 0 Å². The smallest absolute Gasteiger partial charge is 0.346 e. The van der Waals surface area contributed by atoms with Crippen molar-refractivity contribution < 1.29 is 19.8 Å². The lowest BCUT2D eigenvalue weighted by Crippen LogP contribution is -2.13. The first kappa shape index (κ1) is 30.9. The third-order valence-corrected chi connectivity index (χ3v) is 7.00. The van der Waals surface area contributed by atoms with Gasteiger partial charge in [-0.2, -0.15) is 5.26 Å². The van der Waals surface area contributed by atoms with E-state index < -0.39 is 11.9 Å². The van der Waals surface area contributed by atoms with Crippen molar-refractivity contribution in [1.82, 2.24) is 0 Å². The SMILES string of the molecule is C=C.N#C/C(=C\c1ccc2c(c1)C1CCCC1N2)C(=O)O.O=C(O)CCSc1ccccc1.c1ccccc1. The third-order valence-electron chi connectivity index (χ3n) is 5.99. The monoisotopic (exact) mass is 542 g/mol. The molecule has 1 aliphatic heterocycles. The number of carboxylic acids is 2. The van der Waals surface area contributed by atoms with E-state index in [9.17, 15) is 9.59 Å². The highest BCUT2D eigenvalue weighted by Gasteiger charge is 2.35. The Morgan fingerprint density at radius 3 is 2.15 bits per heavy atom. The molecule has 3 aromatic rings. The summed E-state index contributed by atoms with van der Waals surface area (Å²) in [6.07, 6.45) is 5.27. The lowest BCUT2D eigenvalue weighted by Gasteiger charge is -2.08. The molecule has 39 heavy (non-hydrogen) atoms. The topological polar surface area (TPSA) is 110 Å². The lowest BCUT2D eigenvalue weighted by molar-refractivity contribution is -0.136. The second-order valence-electron chi connectivity index (χ2n) is 8.57. The minimum absolute atomic E-state index is 0.222. The van der Waals surface area contributed by atoms with Crippen LogP contribution >= 0.6 is 11.8 Å². The number of nitrogens with zero attached hydrogens (tertiary/aromatic N) is 1. The molecular weight excluding hydrogens is 508 g/mol. The van der Waals surface area contributed by atoms with Gasteiger partial charge in [0, 0.05) is 28.3 Å². The van der Waals surface area contributed by atoms with Crippen molar-refractivity contribution in [3.8, 4) is 6.07 Å². The molecule has 0 amide bonds. The molecule has 3 aromatic carbocycles. The fraction of sp³-hybridized carbons (Fsp3) is 0.219. The minimum atomic E-state index is -1.18. The first-order valence-electron chi connectivity index (χ1n) is 12.6. The zero-order valence-electron chi connectivity index (χ0n) is 21.8. The highest BCUT2D eigenvalue weighted by molar-refractivity contribution is 7.99. The van der Waals surface area contributed by atoms with Crippen molar-refractivity contribution in [2.24, 2.45) is 0 Å². The molecule has 2 aliphatic rings. The van der Waals surface area contributed by atoms with Gasteiger partial charge in [0.25, 0.3) is 0 Å². The standard InChI is InChI=1S/C15H14N2O2.C9H10O2S.C6H6.C2H4/c16-8-10(15(18)19)6-9-4-5-14-12(7-9)11-2-1-3-13(11)17-14;10-9(11)6-7-12-8-4-2-1-3-5-8;1-2-4-6-5-3-1;1-2/h4-7,11,13,17H,1-3H2,(H,18,19);1-5H,6-7H2,(H,10,11);1-6H;1-2H2/b10-6+;;;. The highest BCUT2D eigenvalue weighted by Crippen LogP contribution is 2.45. The van der Waals surface area contributed by atoms with Crippen molar-refractivity contribution in [3.63, 3.8) is 0 Å². The zero-order chi connectivity index (χ0) is 28.5. The van der Waals surface area contributed by atoms with Crippen LogP contribution in [0.1, 0.15) is 42.7 Å². The molecule has 3 N–H and O–H groups in total. The van der Waals surface area contributed by atoms with Crippen LogP contribution in [0.25, 0.3) is 6.08 Å². The van der Waals surface area contributed by atoms with E-state index in [2.05, 4.69) is 18.5 Å². The molecule has 0 spiro atoms. The van der Waals surface area contributed by atoms with Crippen LogP contribution in [-0.2, 0) is 9.59 Å². The van der Waals surface area contributed by atoms with Gasteiger partial charge < -0.3 is 15.5 Å². The Balaban J connectivity index is 0.000000227. The summed E-state index contributed by atoms with van der Waals surface area (Å²) in [5.41, 5.74) is 2.97. The first-order valence-corrected chi connectivity index (χ1v) is 13.6. The highest BCUT2D eigenvalue weighted by atomic mass is 32.2. The molecule has 0 radical (unpaired) electrons. The number of thioether (sulfide) groups is 1. The summed E-state index contributed by atoms with van der Waals surface area (Å²) in [4.78, 5) is 22.1. The molecular formula is C32H34N2O4S. The van der Waals surface area contributed by atoms with Crippen LogP contribution in [-0.4, -0.2) is 33.9 Å². The largest absolute Gasteiger partial charge is 0.481 e. The van der Waals surface area contributed by atoms with Crippen LogP contribution < -0.4 is 5.32 Å². The Labute approximate surface area is 234 Å². The molecule has 2 unspecified atom stereocenters. The number of carboxylic acid groups (broad SMARTS) is 2. The van der Waals surface area contributed by atoms with Crippen molar-refractivity contribution in [2.75, 3.05) is 11.1 Å². The Morgan fingerprint density at radius 1 is 0.974 bits per heavy atom. The van der Waals surface area contributed by atoms with Gasteiger partial charge in [0.1, 0.15) is 11.6 Å². The quantitative estimate of drug-likeness (QED) is 0.128. The zero-order valence-corrected chi connectivity index (χ0v) is 22.6. The van der Waals surface area contributed by atoms with Gasteiger partial charge in [-0.3, -0.25) is 4.79 Å². The number of carbonyl (C=O) groups is 2. The third kappa shape index (κ3) is 10.5. The Morgan fingerprint density at radius 2 is 1.59 bits per heavy atom. The van der Waals surface area contributed by atoms with Gasteiger partial charge in [-0.25, -0.2) is 4.79 Å². The lowest BCUT2D eigenvalue weighted by atomic mass is 9.95. The maximum Gasteiger partial charge on any atom is 0.346 e. The number of fused-ring (bicyclic) bond motifs is 3. The number of anilines is 1. The number of rotatable bonds is 6. The molecule has 1 aliphatic carbocycles. The van der Waals surface area contributed by atoms with E-state index >= 15 is 0 Å². The van der Waals surface area contributed by atoms with Crippen molar-refractivity contribution in [1.29, 1.82) is 5.26 Å². The van der Waals surface area contributed by atoms with Gasteiger partial charge in [0.2, 0.25) is 0 Å². The summed E-state index contributed by atoms with van der Waals surface area (Å²) in [5, 5.41) is 29.6. The Kier molecular flexibility index (Phi) is 13.7. The molecule has 1 fully saturated rings. The molecule has 1 saturated carbocycles. The predicted molar refractivity (Wildman–Crippen MR) is 159 cm³/mol. The van der Waals surface area contributed by atoms with Crippen molar-refractivity contribution in [3.05, 3.63) is 115 Å². The molecule has 202 valence electrons. The number of nitrogens with one attached hydrogen (secondary N) is 1. The molecule has 1 heterocycles. The minimum Gasteiger partial charge on any atom is -0.481 e. The average Bonchev–Trinajstić information content (AvgIpc) is 3.56. The van der Waals surface area contributed by atoms with E-state index in [1.807, 2.05) is 84.9 Å². The normalized spacial score (nSPS) is 16.1. The number of nitriles is 1. The summed E-state index contributed by atoms with van der Waals surface area (Å²) in [7, 11) is 0. The van der Waals surface area contributed by atoms with E-state index in [4.69, 9.17) is 15.5 Å². The number of benzene rings is 3. The van der Waals surface area contributed by atoms with Crippen LogP contribution in [0, 0.1) is 11.3 Å². The number of hydrogen-bond acceptors (Lipinski definition) is 5. The second-order valence-corrected chi connectivity index (χ2v) is 9.74. The van der Waals surface area contributed by atoms with Gasteiger partial charge in [0.15, 0.2) is 0 Å². The van der Waals surface area contributed by atoms with Crippen molar-refractivity contribution >= 4 is 35.5 Å². The van der Waals surface area contributed by atoms with Crippen molar-refractivity contribution in [2.45, 2.75) is 42.5 Å². The first-order chi connectivity index (χ1) is 19.0. The molecule has 6 nitrogen and oxygen atoms in total. The number of hydrogen-bond donors (Lipinski definition) is 3. The predicted octanol–water partition coefficient (Wildman–Crippen LogP) is 7.48. The van der Waals surface area contributed by atoms with E-state index in [0.717, 1.165) is 16.1 Å². The summed E-state index contributed by atoms with van der Waals surface area (Å²) in [6, 6.07) is 29.9. The van der Waals surface area contributed by atoms with Gasteiger partial charge in [-0.15, -0.1) is 24.9 Å². The van der Waals surface area contributed by atoms with Crippen LogP contribution in [0.2, 0.25) is 0 Å². The average molecular weight is 543 g/mol. The molecule has 7 heteroatoms. The summed E-state index contributed by atoms with van der Waals surface area (Å²) in [5.74, 6) is -0.740. The van der Waals surface area contributed by atoms with E-state index in [1.54, 1.807) is 17.8 Å². The maximum atomic E-state index is 10.8. The maximum absolute atomic E-state index is 10.8. The summed E-state index contributed by atoms with van der Waals surface area (Å²) >= 11 is 1.57. The summed E-state index contributed by atoms with van der Waals surface area (Å²) < 4.78 is 0. The molecule has 5 rings (SSSR count). The fourth-order valence-electron chi connectivity index (χ4n) is 4.28. The Hall–Kier alpha value is -4.28. The van der Waals surface area contributed by atoms with Crippen LogP contribution in [0.15, 0.2) is 109 Å². The van der Waals surface area contributed by atoms with Crippen LogP contribution in [0.4, 0.5) is 5.69 Å². The van der Waals surface area contributed by atoms with E-state index in [1.165, 1.54) is 30.9 Å². The van der Waals surface area contributed by atoms with Gasteiger partial charge in [-0.05, 0) is 54.3 Å². The molecule has 0 aromatic heterocycles. The fourth-order valence-corrected chi connectivity index (χ4v) is 5.14. The number of aliphatic carboxylic acids is 2. The Bertz CT molecular complexity index is 1230. The molecule has 2 atom stereocenters. The van der Waals surface area contributed by atoms with Gasteiger partial charge in [0.05, 0.1) is 6.42 Å². The molecule has 0 saturated heterocycles. The van der Waals surface area contributed by atoms with E-state index in [-0.39, 0.29) is 12.0 Å². The van der Waals surface area contributed by atoms with Gasteiger partial charge >= 0.3 is 11.9 Å². The second kappa shape index (κ2) is 17.3. The van der Waals surface area contributed by atoms with Crippen LogP contribution in [0.5, 0.6) is 0 Å². The van der Waals surface area contributed by atoms with Gasteiger partial charge in [-0.1, -0.05) is 67.1 Å². The summed E-state index contributed by atoms with van der Waals surface area (Å²) in [6.45, 7) is 6.00. The molecule has 0 bridgehead atoms.